The maximum atomic E-state index is 14.0. The van der Waals surface area contributed by atoms with Crippen molar-refractivity contribution in [1.29, 1.82) is 0 Å². The number of hydrogen-bond acceptors (Lipinski definition) is 24. The normalized spacial score (nSPS) is 13.5. The molecule has 0 bridgehead atoms. The van der Waals surface area contributed by atoms with Crippen LogP contribution in [0.1, 0.15) is 153 Å². The van der Waals surface area contributed by atoms with E-state index < -0.39 is 81.3 Å². The Balaban J connectivity index is -0.00000138. The largest absolute Gasteiger partial charge is 0.476 e. The predicted molar refractivity (Wildman–Crippen MR) is 391 cm³/mol. The monoisotopic (exact) mass is 1470 g/mol. The fraction of sp³-hybridized carbons (Fsp3) is 0.343. The number of alkyl halides is 9. The van der Waals surface area contributed by atoms with Crippen molar-refractivity contribution in [3.8, 4) is 5.88 Å². The van der Waals surface area contributed by atoms with Crippen LogP contribution < -0.4 is 60.0 Å². The van der Waals surface area contributed by atoms with Crippen LogP contribution in [0.3, 0.4) is 0 Å². The Labute approximate surface area is 603 Å². The molecule has 104 heavy (non-hydrogen) atoms. The number of nitrogens with one attached hydrogen (secondary N) is 3. The SMILES string of the molecule is C=C(F)c1ccc(N2CCN[C@@H](CC(C)C)C2)nc1C(=O)c1cccnc1N.CC(C)(C)[C@H](N)COc1ccc(C(F)(F)F)c(C(=O)c2cccnc2N)n1.CC(C)(CN)CNc1ccc(C(F)(F)F)c(C(=O)c2cccnc2N)n1.Nc1ncccc1C(=O)c1nc(NCCO)ccc1C(F)(F)F.[HH].[HH].[HH].[HH].[HH].[HH].[HH].[HH]. The summed E-state index contributed by atoms with van der Waals surface area (Å²) in [6, 6.07) is 20.2. The molecule has 16 N–H and O–H groups in total. The summed E-state index contributed by atoms with van der Waals surface area (Å²) in [4.78, 5) is 83.8. The number of pyridine rings is 8. The predicted octanol–water partition coefficient (Wildman–Crippen LogP) is 12.5. The maximum Gasteiger partial charge on any atom is 0.418 e. The van der Waals surface area contributed by atoms with Gasteiger partial charge in [-0.2, -0.15) is 39.5 Å². The van der Waals surface area contributed by atoms with Crippen molar-refractivity contribution in [2.24, 2.45) is 28.2 Å². The highest BCUT2D eigenvalue weighted by Crippen LogP contribution is 2.37. The van der Waals surface area contributed by atoms with Crippen LogP contribution >= 0.6 is 0 Å². The van der Waals surface area contributed by atoms with Crippen LogP contribution in [0.15, 0.2) is 128 Å². The highest BCUT2D eigenvalue weighted by atomic mass is 19.4. The molecule has 8 aromatic heterocycles. The molecule has 0 aromatic carbocycles. The summed E-state index contributed by atoms with van der Waals surface area (Å²) in [6.45, 7) is 20.2. The fourth-order valence-corrected chi connectivity index (χ4v) is 9.58. The Morgan fingerprint density at radius 3 is 1.40 bits per heavy atom. The molecule has 0 saturated carbocycles. The number of aromatic nitrogens is 8. The van der Waals surface area contributed by atoms with Crippen molar-refractivity contribution in [1.82, 2.24) is 45.2 Å². The van der Waals surface area contributed by atoms with E-state index in [9.17, 15) is 63.1 Å². The van der Waals surface area contributed by atoms with Gasteiger partial charge in [0.1, 0.15) is 75.9 Å². The molecule has 9 heterocycles. The van der Waals surface area contributed by atoms with Crippen LogP contribution in [0.5, 0.6) is 5.88 Å². The molecule has 0 radical (unpaired) electrons. The number of nitrogens with zero attached hydrogens (tertiary/aromatic N) is 9. The van der Waals surface area contributed by atoms with Gasteiger partial charge < -0.3 is 65.1 Å². The number of nitrogen functional groups attached to an aromatic ring is 4. The molecule has 1 saturated heterocycles. The minimum Gasteiger partial charge on any atom is -0.476 e. The zero-order chi connectivity index (χ0) is 77.2. The number of aliphatic hydroxyl groups excluding tert-OH is 1. The summed E-state index contributed by atoms with van der Waals surface area (Å²) in [5.41, 5.74) is 27.7. The molecule has 1 fully saturated rings. The molecule has 34 heteroatoms. The second kappa shape index (κ2) is 35.4. The van der Waals surface area contributed by atoms with Crippen molar-refractivity contribution in [3.63, 3.8) is 0 Å². The van der Waals surface area contributed by atoms with Crippen LogP contribution in [-0.2, 0) is 18.5 Å². The number of aliphatic hydroxyl groups is 1. The highest BCUT2D eigenvalue weighted by molar-refractivity contribution is 6.14. The van der Waals surface area contributed by atoms with E-state index in [0.29, 0.717) is 30.9 Å². The third-order valence-electron chi connectivity index (χ3n) is 15.5. The fourth-order valence-electron chi connectivity index (χ4n) is 9.58. The van der Waals surface area contributed by atoms with Crippen LogP contribution in [-0.4, -0.2) is 133 Å². The zero-order valence-electron chi connectivity index (χ0n) is 57.6. The number of ether oxygens (including phenoxy) is 1. The van der Waals surface area contributed by atoms with Gasteiger partial charge in [-0.3, -0.25) is 19.2 Å². The van der Waals surface area contributed by atoms with E-state index in [1.165, 1.54) is 67.3 Å². The van der Waals surface area contributed by atoms with Gasteiger partial charge in [0, 0.05) is 92.6 Å². The molecule has 8 aromatic rings. The van der Waals surface area contributed by atoms with Gasteiger partial charge >= 0.3 is 18.5 Å². The van der Waals surface area contributed by atoms with Gasteiger partial charge in [-0.15, -0.1) is 0 Å². The summed E-state index contributed by atoms with van der Waals surface area (Å²) < 4.78 is 139. The first kappa shape index (κ1) is 82.1. The lowest BCUT2D eigenvalue weighted by atomic mass is 9.88. The first-order chi connectivity index (χ1) is 48.7. The molecule has 0 spiro atoms. The summed E-state index contributed by atoms with van der Waals surface area (Å²) in [5, 5.41) is 17.8. The quantitative estimate of drug-likeness (QED) is 0.0222. The number of anilines is 7. The van der Waals surface area contributed by atoms with E-state index in [4.69, 9.17) is 44.2 Å². The molecule has 0 amide bonds. The van der Waals surface area contributed by atoms with Gasteiger partial charge in [0.05, 0.1) is 45.6 Å². The van der Waals surface area contributed by atoms with Crippen LogP contribution in [0.4, 0.5) is 84.6 Å². The first-order valence-electron chi connectivity index (χ1n) is 31.9. The zero-order valence-corrected chi connectivity index (χ0v) is 57.6. The summed E-state index contributed by atoms with van der Waals surface area (Å²) in [6.07, 6.45) is -7.70. The minimum absolute atomic E-state index is 0. The number of rotatable bonds is 22. The Morgan fingerprint density at radius 1 is 0.606 bits per heavy atom. The lowest BCUT2D eigenvalue weighted by molar-refractivity contribution is -0.139. The number of carbonyl (C=O) groups excluding carboxylic acids is 4. The number of hydrogen-bond donors (Lipinski definition) is 10. The van der Waals surface area contributed by atoms with E-state index in [-0.39, 0.29) is 122 Å². The summed E-state index contributed by atoms with van der Waals surface area (Å²) in [5.74, 6) is -3.23. The Hall–Kier alpha value is -10.8. The van der Waals surface area contributed by atoms with Crippen LogP contribution in [0, 0.1) is 16.7 Å². The van der Waals surface area contributed by atoms with Gasteiger partial charge in [-0.25, -0.2) is 44.3 Å². The molecule has 1 aliphatic heterocycles. The van der Waals surface area contributed by atoms with Crippen molar-refractivity contribution < 1.29 is 84.3 Å². The number of carbonyl (C=O) groups is 4. The van der Waals surface area contributed by atoms with Crippen molar-refractivity contribution >= 4 is 69.7 Å². The molecule has 9 rings (SSSR count). The van der Waals surface area contributed by atoms with Crippen LogP contribution in [0.25, 0.3) is 5.83 Å². The summed E-state index contributed by atoms with van der Waals surface area (Å²) in [7, 11) is 0. The molecular formula is C70H96F10N18O6. The standard InChI is InChI=1S/C21H26FN5O.C18H21F3N4O2.C17H20F3N5O.C14H13F3N4O2.8H2/c1-13(2)11-15-12-27(10-9-24-15)18-7-6-16(14(3)22)19(26-18)20(28)17-5-4-8-25-21(17)23;1-17(2,3)12(22)9-27-13-7-6-11(18(19,20)21)14(25-13)15(26)10-5-4-8-24-16(10)23;1-16(2,8-21)9-24-12-6-5-11(17(18,19)20)13(25-12)14(26)10-4-3-7-23-15(10)22;15-14(16,17)9-3-4-10(19-6-7-22)21-11(9)12(23)8-2-1-5-20-13(8)18;;;;;;;;/h4-8,13,15,24H,3,9-12H2,1-2H3,(H2,23,25);4-8,12H,9,22H2,1-3H3,(H2,23,24);3-7H,8-9,21H2,1-2H3,(H2,22,23)(H,24,25);1-5,22H,6-7H2,(H2,18,20)(H,19,21);8*1H/t15-;12-;;;;;;;;;;/m01........../s1. The van der Waals surface area contributed by atoms with Gasteiger partial charge in [-0.05, 0) is 121 Å². The average molecular weight is 1480 g/mol. The Morgan fingerprint density at radius 2 is 1.02 bits per heavy atom. The average Bonchev–Trinajstić information content (AvgIpc) is 0.805. The number of nitrogens with two attached hydrogens (primary N) is 6. The third-order valence-corrected chi connectivity index (χ3v) is 15.5. The van der Waals surface area contributed by atoms with E-state index >= 15 is 0 Å². The minimum atomic E-state index is -4.77. The molecular weight excluding hydrogens is 1380 g/mol. The van der Waals surface area contributed by atoms with Gasteiger partial charge in [0.25, 0.3) is 0 Å². The maximum absolute atomic E-state index is 14.0. The van der Waals surface area contributed by atoms with Crippen molar-refractivity contribution in [2.45, 2.75) is 85.5 Å². The molecule has 24 nitrogen and oxygen atoms in total. The number of piperazine rings is 1. The summed E-state index contributed by atoms with van der Waals surface area (Å²) >= 11 is 0. The van der Waals surface area contributed by atoms with Gasteiger partial charge in [-0.1, -0.05) is 55.0 Å². The molecule has 2 atom stereocenters. The highest BCUT2D eigenvalue weighted by Gasteiger charge is 2.40. The lowest BCUT2D eigenvalue weighted by Gasteiger charge is -2.35. The van der Waals surface area contributed by atoms with Gasteiger partial charge in [0.2, 0.25) is 29.0 Å². The number of ketones is 4. The number of halogens is 10. The molecule has 1 aliphatic rings. The smallest absolute Gasteiger partial charge is 0.418 e. The topological polar surface area (TPSA) is 396 Å². The van der Waals surface area contributed by atoms with E-state index in [0.717, 1.165) is 56.4 Å². The van der Waals surface area contributed by atoms with Crippen LogP contribution in [0.2, 0.25) is 0 Å². The Bertz CT molecular complexity index is 4370. The second-order valence-corrected chi connectivity index (χ2v) is 25.6. The van der Waals surface area contributed by atoms with E-state index in [1.807, 2.05) is 34.6 Å². The third kappa shape index (κ3) is 22.6. The Kier molecular flexibility index (Phi) is 27.9. The second-order valence-electron chi connectivity index (χ2n) is 25.6. The first-order valence-corrected chi connectivity index (χ1v) is 31.9. The van der Waals surface area contributed by atoms with Gasteiger partial charge in [0.15, 0.2) is 0 Å². The van der Waals surface area contributed by atoms with Crippen molar-refractivity contribution in [3.05, 3.63) is 196 Å². The van der Waals surface area contributed by atoms with E-state index in [2.05, 4.69) is 81.1 Å². The van der Waals surface area contributed by atoms with E-state index in [1.54, 1.807) is 24.3 Å². The van der Waals surface area contributed by atoms with Crippen molar-refractivity contribution in [2.75, 3.05) is 91.0 Å². The molecule has 0 unspecified atom stereocenters. The molecule has 572 valence electrons. The molecule has 0 aliphatic carbocycles. The lowest BCUT2D eigenvalue weighted by Crippen LogP contribution is -2.51.